The summed E-state index contributed by atoms with van der Waals surface area (Å²) >= 11 is 0. The van der Waals surface area contributed by atoms with E-state index in [1.165, 1.54) is 18.2 Å². The van der Waals surface area contributed by atoms with E-state index >= 15 is 0 Å². The zero-order valence-corrected chi connectivity index (χ0v) is 7.83. The number of hydrogen-bond acceptors (Lipinski definition) is 3. The average Bonchev–Trinajstić information content (AvgIpc) is 2.17. The molecule has 2 N–H and O–H groups in total. The Morgan fingerprint density at radius 1 is 1.64 bits per heavy atom. The van der Waals surface area contributed by atoms with E-state index in [1.807, 2.05) is 13.0 Å². The quantitative estimate of drug-likeness (QED) is 0.749. The van der Waals surface area contributed by atoms with Crippen molar-refractivity contribution in [3.63, 3.8) is 0 Å². The van der Waals surface area contributed by atoms with Crippen LogP contribution in [-0.4, -0.2) is 6.10 Å². The summed E-state index contributed by atoms with van der Waals surface area (Å²) in [7, 11) is 0. The highest BCUT2D eigenvalue weighted by Crippen LogP contribution is 2.23. The molecular formula is C10H11FN2O. The molecule has 0 saturated heterocycles. The van der Waals surface area contributed by atoms with Crippen molar-refractivity contribution in [2.24, 2.45) is 0 Å². The van der Waals surface area contributed by atoms with E-state index in [1.54, 1.807) is 0 Å². The van der Waals surface area contributed by atoms with Crippen molar-refractivity contribution in [2.75, 3.05) is 5.73 Å². The van der Waals surface area contributed by atoms with E-state index in [0.717, 1.165) is 0 Å². The lowest BCUT2D eigenvalue weighted by atomic mass is 10.2. The van der Waals surface area contributed by atoms with Gasteiger partial charge in [-0.1, -0.05) is 6.92 Å². The lowest BCUT2D eigenvalue weighted by Gasteiger charge is -2.11. The van der Waals surface area contributed by atoms with Crippen molar-refractivity contribution in [3.8, 4) is 11.8 Å². The molecule has 0 aliphatic carbocycles. The van der Waals surface area contributed by atoms with Crippen LogP contribution in [0.25, 0.3) is 0 Å². The number of nitrogens with two attached hydrogens (primary N) is 1. The van der Waals surface area contributed by atoms with Gasteiger partial charge < -0.3 is 10.5 Å². The number of anilines is 1. The van der Waals surface area contributed by atoms with Crippen molar-refractivity contribution in [1.82, 2.24) is 0 Å². The lowest BCUT2D eigenvalue weighted by Crippen LogP contribution is -2.13. The number of nitrogen functional groups attached to an aromatic ring is 1. The number of hydrogen-bond donors (Lipinski definition) is 1. The molecule has 74 valence electrons. The summed E-state index contributed by atoms with van der Waals surface area (Å²) in [6.07, 6.45) is 0.0237. The maximum Gasteiger partial charge on any atom is 0.184 e. The maximum absolute atomic E-state index is 12.6. The molecule has 4 heteroatoms. The average molecular weight is 194 g/mol. The number of nitriles is 1. The first-order chi connectivity index (χ1) is 6.67. The van der Waals surface area contributed by atoms with Crippen LogP contribution in [0.15, 0.2) is 18.2 Å². The highest BCUT2D eigenvalue weighted by atomic mass is 19.1. The monoisotopic (exact) mass is 194 g/mol. The van der Waals surface area contributed by atoms with Gasteiger partial charge in [0.15, 0.2) is 6.10 Å². The van der Waals surface area contributed by atoms with Crippen molar-refractivity contribution >= 4 is 5.69 Å². The number of benzene rings is 1. The summed E-state index contributed by atoms with van der Waals surface area (Å²) < 4.78 is 17.9. The predicted molar refractivity (Wildman–Crippen MR) is 51.1 cm³/mol. The van der Waals surface area contributed by atoms with E-state index in [2.05, 4.69) is 0 Å². The number of halogens is 1. The SMILES string of the molecule is CCC(C#N)Oc1ccc(F)cc1N. The Labute approximate surface area is 81.9 Å². The first-order valence-corrected chi connectivity index (χ1v) is 4.28. The summed E-state index contributed by atoms with van der Waals surface area (Å²) in [5.74, 6) is -0.0698. The fraction of sp³-hybridized carbons (Fsp3) is 0.300. The van der Waals surface area contributed by atoms with E-state index in [-0.39, 0.29) is 5.69 Å². The van der Waals surface area contributed by atoms with E-state index in [4.69, 9.17) is 15.7 Å². The van der Waals surface area contributed by atoms with Gasteiger partial charge in [-0.15, -0.1) is 0 Å². The molecule has 0 aliphatic heterocycles. The molecular weight excluding hydrogens is 183 g/mol. The second-order valence-corrected chi connectivity index (χ2v) is 2.83. The van der Waals surface area contributed by atoms with Crippen molar-refractivity contribution in [2.45, 2.75) is 19.4 Å². The van der Waals surface area contributed by atoms with E-state index in [0.29, 0.717) is 12.2 Å². The fourth-order valence-electron chi connectivity index (χ4n) is 0.981. The smallest absolute Gasteiger partial charge is 0.184 e. The topological polar surface area (TPSA) is 59.0 Å². The van der Waals surface area contributed by atoms with Gasteiger partial charge in [-0.25, -0.2) is 4.39 Å². The van der Waals surface area contributed by atoms with Crippen LogP contribution in [0.2, 0.25) is 0 Å². The molecule has 0 spiro atoms. The van der Waals surface area contributed by atoms with Crippen molar-refractivity contribution in [3.05, 3.63) is 24.0 Å². The van der Waals surface area contributed by atoms with Gasteiger partial charge >= 0.3 is 0 Å². The minimum atomic E-state index is -0.539. The molecule has 1 atom stereocenters. The molecule has 1 aromatic rings. The number of rotatable bonds is 3. The molecule has 1 aromatic carbocycles. The largest absolute Gasteiger partial charge is 0.473 e. The summed E-state index contributed by atoms with van der Waals surface area (Å²) in [5, 5.41) is 8.64. The van der Waals surface area contributed by atoms with E-state index in [9.17, 15) is 4.39 Å². The molecule has 0 amide bonds. The number of ether oxygens (including phenoxy) is 1. The van der Waals surface area contributed by atoms with Gasteiger partial charge in [-0.05, 0) is 18.6 Å². The van der Waals surface area contributed by atoms with Crippen LogP contribution in [0, 0.1) is 17.1 Å². The number of nitrogens with zero attached hydrogens (tertiary/aromatic N) is 1. The van der Waals surface area contributed by atoms with Crippen LogP contribution in [-0.2, 0) is 0 Å². The van der Waals surface area contributed by atoms with Crippen LogP contribution in [0.1, 0.15) is 13.3 Å². The maximum atomic E-state index is 12.6. The molecule has 1 rings (SSSR count). The van der Waals surface area contributed by atoms with Gasteiger partial charge in [0.25, 0.3) is 0 Å². The zero-order chi connectivity index (χ0) is 10.6. The first kappa shape index (κ1) is 10.3. The Morgan fingerprint density at radius 3 is 2.86 bits per heavy atom. The van der Waals surface area contributed by atoms with Gasteiger partial charge in [0.2, 0.25) is 0 Å². The van der Waals surface area contributed by atoms with Gasteiger partial charge in [-0.2, -0.15) is 5.26 Å². The molecule has 3 nitrogen and oxygen atoms in total. The molecule has 14 heavy (non-hydrogen) atoms. The highest BCUT2D eigenvalue weighted by molar-refractivity contribution is 5.52. The minimum Gasteiger partial charge on any atom is -0.473 e. The van der Waals surface area contributed by atoms with Gasteiger partial charge in [0.05, 0.1) is 5.69 Å². The Hall–Kier alpha value is -1.76. The normalized spacial score (nSPS) is 11.8. The Morgan fingerprint density at radius 2 is 2.36 bits per heavy atom. The lowest BCUT2D eigenvalue weighted by molar-refractivity contribution is 0.253. The second-order valence-electron chi connectivity index (χ2n) is 2.83. The molecule has 0 fully saturated rings. The van der Waals surface area contributed by atoms with Gasteiger partial charge in [-0.3, -0.25) is 0 Å². The van der Waals surface area contributed by atoms with Crippen LogP contribution >= 0.6 is 0 Å². The summed E-state index contributed by atoms with van der Waals surface area (Å²) in [4.78, 5) is 0. The third-order valence-electron chi connectivity index (χ3n) is 1.76. The fourth-order valence-corrected chi connectivity index (χ4v) is 0.981. The zero-order valence-electron chi connectivity index (χ0n) is 7.83. The van der Waals surface area contributed by atoms with E-state index < -0.39 is 11.9 Å². The molecule has 0 saturated carbocycles. The molecule has 0 heterocycles. The minimum absolute atomic E-state index is 0.207. The molecule has 0 radical (unpaired) electrons. The first-order valence-electron chi connectivity index (χ1n) is 4.28. The second kappa shape index (κ2) is 4.47. The third-order valence-corrected chi connectivity index (χ3v) is 1.76. The van der Waals surface area contributed by atoms with Gasteiger partial charge in [0, 0.05) is 6.07 Å². The Bertz CT molecular complexity index is 360. The van der Waals surface area contributed by atoms with Crippen LogP contribution in [0.4, 0.5) is 10.1 Å². The van der Waals surface area contributed by atoms with Crippen LogP contribution in [0.5, 0.6) is 5.75 Å². The van der Waals surface area contributed by atoms with Gasteiger partial charge in [0.1, 0.15) is 17.6 Å². The standard InChI is InChI=1S/C10H11FN2O/c1-2-8(6-12)14-10-4-3-7(11)5-9(10)13/h3-5,8H,2,13H2,1H3. The van der Waals surface area contributed by atoms with Crippen molar-refractivity contribution < 1.29 is 9.13 Å². The summed E-state index contributed by atoms with van der Waals surface area (Å²) in [6, 6.07) is 5.80. The summed E-state index contributed by atoms with van der Waals surface area (Å²) in [6.45, 7) is 1.83. The Kier molecular flexibility index (Phi) is 3.29. The summed E-state index contributed by atoms with van der Waals surface area (Å²) in [5.41, 5.74) is 5.71. The Balaban J connectivity index is 2.82. The van der Waals surface area contributed by atoms with Crippen molar-refractivity contribution in [1.29, 1.82) is 5.26 Å². The molecule has 1 unspecified atom stereocenters. The molecule has 0 bridgehead atoms. The highest BCUT2D eigenvalue weighted by Gasteiger charge is 2.08. The van der Waals surface area contributed by atoms with Crippen LogP contribution < -0.4 is 10.5 Å². The molecule has 0 aliphatic rings. The predicted octanol–water partition coefficient (Wildman–Crippen LogP) is 2.09. The third kappa shape index (κ3) is 2.36. The van der Waals surface area contributed by atoms with Crippen LogP contribution in [0.3, 0.4) is 0 Å². The molecule has 0 aromatic heterocycles.